The fourth-order valence-electron chi connectivity index (χ4n) is 3.47. The summed E-state index contributed by atoms with van der Waals surface area (Å²) in [6.45, 7) is 3.54. The van der Waals surface area contributed by atoms with Crippen molar-refractivity contribution in [2.24, 2.45) is 0 Å². The van der Waals surface area contributed by atoms with Crippen LogP contribution in [0.5, 0.6) is 0 Å². The number of β-amino-alcohol motifs (C(OH)–C–C–N with tert-alkyl or cyclic N) is 1. The predicted octanol–water partition coefficient (Wildman–Crippen LogP) is 3.60. The van der Waals surface area contributed by atoms with Gasteiger partial charge in [0.1, 0.15) is 11.6 Å². The minimum absolute atomic E-state index is 0.0283. The van der Waals surface area contributed by atoms with Crippen LogP contribution < -0.4 is 10.2 Å². The molecule has 1 aliphatic heterocycles. The molecule has 6 heteroatoms. The Labute approximate surface area is 163 Å². The molecule has 0 saturated heterocycles. The van der Waals surface area contributed by atoms with Crippen LogP contribution in [0.4, 0.5) is 14.5 Å². The number of aliphatic hydroxyl groups is 1. The van der Waals surface area contributed by atoms with Crippen molar-refractivity contribution in [1.29, 1.82) is 0 Å². The van der Waals surface area contributed by atoms with E-state index < -0.39 is 11.6 Å². The van der Waals surface area contributed by atoms with Gasteiger partial charge in [-0.15, -0.1) is 0 Å². The first kappa shape index (κ1) is 20.0. The summed E-state index contributed by atoms with van der Waals surface area (Å²) in [6, 6.07) is 8.96. The zero-order valence-electron chi connectivity index (χ0n) is 15.8. The van der Waals surface area contributed by atoms with E-state index in [9.17, 15) is 18.7 Å². The molecule has 148 valence electrons. The molecule has 0 radical (unpaired) electrons. The van der Waals surface area contributed by atoms with Crippen LogP contribution in [0.2, 0.25) is 0 Å². The number of nitrogens with zero attached hydrogens (tertiary/aromatic N) is 1. The van der Waals surface area contributed by atoms with E-state index >= 15 is 0 Å². The standard InChI is InChI=1S/C22H24F2N2O2/c1-15(25-22(28)9-5-17-14-19(23)6-7-20(17)24)16-4-8-21-18(13-16)3-2-10-26(21)11-12-27/h4-9,13-15,27H,2-3,10-12H2,1H3,(H,25,28)/b9-5+. The van der Waals surface area contributed by atoms with Crippen LogP contribution in [-0.2, 0) is 11.2 Å². The van der Waals surface area contributed by atoms with Crippen LogP contribution in [0.15, 0.2) is 42.5 Å². The molecule has 2 N–H and O–H groups in total. The van der Waals surface area contributed by atoms with Crippen LogP contribution in [0.3, 0.4) is 0 Å². The van der Waals surface area contributed by atoms with Gasteiger partial charge in [0.05, 0.1) is 12.6 Å². The van der Waals surface area contributed by atoms with E-state index in [1.54, 1.807) is 0 Å². The number of benzene rings is 2. The lowest BCUT2D eigenvalue weighted by atomic mass is 9.97. The number of carbonyl (C=O) groups excluding carboxylic acids is 1. The third-order valence-corrected chi connectivity index (χ3v) is 4.92. The number of fused-ring (bicyclic) bond motifs is 1. The number of amides is 1. The fraction of sp³-hybridized carbons (Fsp3) is 0.318. The molecule has 1 heterocycles. The molecule has 0 aliphatic carbocycles. The molecule has 0 bridgehead atoms. The maximum absolute atomic E-state index is 13.6. The Hall–Kier alpha value is -2.73. The van der Waals surface area contributed by atoms with Crippen LogP contribution in [0.1, 0.15) is 36.1 Å². The second-order valence-electron chi connectivity index (χ2n) is 6.93. The molecule has 28 heavy (non-hydrogen) atoms. The summed E-state index contributed by atoms with van der Waals surface area (Å²) in [7, 11) is 0. The molecule has 1 atom stereocenters. The summed E-state index contributed by atoms with van der Waals surface area (Å²) >= 11 is 0. The van der Waals surface area contributed by atoms with Gasteiger partial charge >= 0.3 is 0 Å². The maximum Gasteiger partial charge on any atom is 0.244 e. The molecule has 2 aromatic carbocycles. The van der Waals surface area contributed by atoms with Gasteiger partial charge in [0.15, 0.2) is 0 Å². The maximum atomic E-state index is 13.6. The molecule has 1 amide bonds. The first-order valence-electron chi connectivity index (χ1n) is 9.40. The SMILES string of the molecule is CC(NC(=O)/C=C/c1cc(F)ccc1F)c1ccc2c(c1)CCCN2CCO. The van der Waals surface area contributed by atoms with E-state index in [1.807, 2.05) is 19.1 Å². The largest absolute Gasteiger partial charge is 0.395 e. The predicted molar refractivity (Wildman–Crippen MR) is 106 cm³/mol. The number of carbonyl (C=O) groups is 1. The van der Waals surface area contributed by atoms with Gasteiger partial charge in [-0.2, -0.15) is 0 Å². The lowest BCUT2D eigenvalue weighted by Crippen LogP contribution is -2.32. The van der Waals surface area contributed by atoms with Crippen LogP contribution in [0.25, 0.3) is 6.08 Å². The van der Waals surface area contributed by atoms with Gasteiger partial charge in [-0.3, -0.25) is 4.79 Å². The zero-order valence-corrected chi connectivity index (χ0v) is 15.8. The zero-order chi connectivity index (χ0) is 20.1. The van der Waals surface area contributed by atoms with Gasteiger partial charge < -0.3 is 15.3 Å². The topological polar surface area (TPSA) is 52.6 Å². The molecule has 0 saturated carbocycles. The van der Waals surface area contributed by atoms with E-state index in [0.717, 1.165) is 48.8 Å². The first-order chi connectivity index (χ1) is 13.5. The highest BCUT2D eigenvalue weighted by atomic mass is 19.1. The first-order valence-corrected chi connectivity index (χ1v) is 9.40. The number of hydrogen-bond donors (Lipinski definition) is 2. The molecule has 3 rings (SSSR count). The molecule has 0 aromatic heterocycles. The quantitative estimate of drug-likeness (QED) is 0.746. The lowest BCUT2D eigenvalue weighted by Gasteiger charge is -2.31. The molecular formula is C22H24F2N2O2. The molecule has 1 aliphatic rings. The number of hydrogen-bond acceptors (Lipinski definition) is 3. The molecule has 0 fully saturated rings. The summed E-state index contributed by atoms with van der Waals surface area (Å²) < 4.78 is 26.8. The number of rotatable bonds is 6. The summed E-state index contributed by atoms with van der Waals surface area (Å²) in [6.07, 6.45) is 4.46. The monoisotopic (exact) mass is 386 g/mol. The van der Waals surface area contributed by atoms with Crippen LogP contribution in [-0.4, -0.2) is 30.7 Å². The van der Waals surface area contributed by atoms with E-state index in [0.29, 0.717) is 6.54 Å². The highest BCUT2D eigenvalue weighted by molar-refractivity contribution is 5.92. The molecule has 2 aromatic rings. The fourth-order valence-corrected chi connectivity index (χ4v) is 3.47. The van der Waals surface area contributed by atoms with Crippen molar-refractivity contribution in [1.82, 2.24) is 5.32 Å². The Balaban J connectivity index is 1.67. The number of anilines is 1. The highest BCUT2D eigenvalue weighted by Gasteiger charge is 2.18. The summed E-state index contributed by atoms with van der Waals surface area (Å²) in [5.41, 5.74) is 3.34. The van der Waals surface area contributed by atoms with Crippen molar-refractivity contribution in [3.05, 3.63) is 70.8 Å². The highest BCUT2D eigenvalue weighted by Crippen LogP contribution is 2.29. The van der Waals surface area contributed by atoms with E-state index in [2.05, 4.69) is 16.3 Å². The minimum Gasteiger partial charge on any atom is -0.395 e. The van der Waals surface area contributed by atoms with Crippen LogP contribution >= 0.6 is 0 Å². The normalized spacial score (nSPS) is 14.8. The van der Waals surface area contributed by atoms with Crippen LogP contribution in [0, 0.1) is 11.6 Å². The third-order valence-electron chi connectivity index (χ3n) is 4.92. The van der Waals surface area contributed by atoms with E-state index in [1.165, 1.54) is 17.7 Å². The van der Waals surface area contributed by atoms with Crippen molar-refractivity contribution < 1.29 is 18.7 Å². The number of aliphatic hydroxyl groups excluding tert-OH is 1. The molecule has 4 nitrogen and oxygen atoms in total. The van der Waals surface area contributed by atoms with Gasteiger partial charge in [-0.05, 0) is 61.2 Å². The van der Waals surface area contributed by atoms with E-state index in [4.69, 9.17) is 0 Å². The number of halogens is 2. The lowest BCUT2D eigenvalue weighted by molar-refractivity contribution is -0.117. The number of nitrogens with one attached hydrogen (secondary N) is 1. The van der Waals surface area contributed by atoms with Gasteiger partial charge in [-0.25, -0.2) is 8.78 Å². The Bertz CT molecular complexity index is 883. The van der Waals surface area contributed by atoms with Crippen molar-refractivity contribution in [3.8, 4) is 0 Å². The van der Waals surface area contributed by atoms with Gasteiger partial charge in [0, 0.05) is 30.4 Å². The van der Waals surface area contributed by atoms with Crippen molar-refractivity contribution in [2.75, 3.05) is 24.6 Å². The second kappa shape index (κ2) is 8.97. The summed E-state index contributed by atoms with van der Waals surface area (Å²) in [5, 5.41) is 12.1. The smallest absolute Gasteiger partial charge is 0.244 e. The Morgan fingerprint density at radius 3 is 2.89 bits per heavy atom. The molecule has 1 unspecified atom stereocenters. The Morgan fingerprint density at radius 2 is 2.11 bits per heavy atom. The van der Waals surface area contributed by atoms with Gasteiger partial charge in [0.25, 0.3) is 0 Å². The Morgan fingerprint density at radius 1 is 1.29 bits per heavy atom. The Kier molecular flexibility index (Phi) is 6.41. The van der Waals surface area contributed by atoms with Crippen molar-refractivity contribution >= 4 is 17.7 Å². The summed E-state index contributed by atoms with van der Waals surface area (Å²) in [5.74, 6) is -1.52. The van der Waals surface area contributed by atoms with Crippen molar-refractivity contribution in [2.45, 2.75) is 25.8 Å². The van der Waals surface area contributed by atoms with Gasteiger partial charge in [0.2, 0.25) is 5.91 Å². The molecule has 0 spiro atoms. The minimum atomic E-state index is -0.583. The molecular weight excluding hydrogens is 362 g/mol. The van der Waals surface area contributed by atoms with E-state index in [-0.39, 0.29) is 24.1 Å². The van der Waals surface area contributed by atoms with Crippen molar-refractivity contribution in [3.63, 3.8) is 0 Å². The summed E-state index contributed by atoms with van der Waals surface area (Å²) in [4.78, 5) is 14.3. The number of aryl methyl sites for hydroxylation is 1. The third kappa shape index (κ3) is 4.75. The average Bonchev–Trinajstić information content (AvgIpc) is 2.68. The second-order valence-corrected chi connectivity index (χ2v) is 6.93. The average molecular weight is 386 g/mol. The van der Waals surface area contributed by atoms with Gasteiger partial charge in [-0.1, -0.05) is 12.1 Å².